The molecule has 29 heavy (non-hydrogen) atoms. The van der Waals surface area contributed by atoms with Crippen molar-refractivity contribution in [2.24, 2.45) is 4.99 Å². The Hall–Kier alpha value is -2.54. The number of nitrogens with one attached hydrogen (secondary N) is 2. The van der Waals surface area contributed by atoms with E-state index in [1.165, 1.54) is 0 Å². The first-order valence-corrected chi connectivity index (χ1v) is 10.4. The minimum Gasteiger partial charge on any atom is -0.491 e. The summed E-state index contributed by atoms with van der Waals surface area (Å²) in [6, 6.07) is 7.54. The molecule has 1 aromatic carbocycles. The van der Waals surface area contributed by atoms with Crippen LogP contribution in [0.2, 0.25) is 0 Å². The first-order valence-electron chi connectivity index (χ1n) is 10.4. The van der Waals surface area contributed by atoms with Crippen molar-refractivity contribution in [2.45, 2.75) is 59.3 Å². The van der Waals surface area contributed by atoms with Gasteiger partial charge in [-0.25, -0.2) is 4.98 Å². The molecule has 0 radical (unpaired) electrons. The molecule has 2 aromatic rings. The van der Waals surface area contributed by atoms with Crippen molar-refractivity contribution in [3.63, 3.8) is 0 Å². The van der Waals surface area contributed by atoms with E-state index in [0.717, 1.165) is 55.6 Å². The van der Waals surface area contributed by atoms with Gasteiger partial charge in [0.05, 0.1) is 18.8 Å². The van der Waals surface area contributed by atoms with Gasteiger partial charge in [0.2, 0.25) is 0 Å². The van der Waals surface area contributed by atoms with Crippen LogP contribution in [0.1, 0.15) is 51.1 Å². The Morgan fingerprint density at radius 1 is 1.21 bits per heavy atom. The van der Waals surface area contributed by atoms with Crippen LogP contribution in [0, 0.1) is 6.92 Å². The smallest absolute Gasteiger partial charge is 0.191 e. The second kappa shape index (κ2) is 12.1. The third-order valence-corrected chi connectivity index (χ3v) is 4.45. The molecule has 2 rings (SSSR count). The van der Waals surface area contributed by atoms with Gasteiger partial charge >= 0.3 is 0 Å². The number of aromatic nitrogens is 2. The molecule has 0 aliphatic rings. The highest BCUT2D eigenvalue weighted by atomic mass is 16.5. The largest absolute Gasteiger partial charge is 0.491 e. The molecule has 160 valence electrons. The van der Waals surface area contributed by atoms with Crippen molar-refractivity contribution in [1.82, 2.24) is 20.2 Å². The number of hydrogen-bond acceptors (Lipinski definition) is 4. The number of aliphatic imine (C=N–C) groups is 1. The standard InChI is InChI=1S/C22H35N5O2/c1-5-23-22(25-12-6-7-14-27-15-13-24-18(27)4)26-16-21(28)19-8-10-20(11-9-19)29-17(2)3/h8-11,13,15,17,21,28H,5-7,12,14,16H2,1-4H3,(H2,23,25,26). The van der Waals surface area contributed by atoms with Crippen LogP contribution in [-0.2, 0) is 6.54 Å². The molecule has 7 heteroatoms. The number of aliphatic hydroxyl groups excluding tert-OH is 1. The predicted octanol–water partition coefficient (Wildman–Crippen LogP) is 3.05. The highest BCUT2D eigenvalue weighted by molar-refractivity contribution is 5.79. The van der Waals surface area contributed by atoms with E-state index in [9.17, 15) is 5.11 Å². The quantitative estimate of drug-likeness (QED) is 0.306. The minimum atomic E-state index is -0.650. The van der Waals surface area contributed by atoms with Crippen molar-refractivity contribution >= 4 is 5.96 Å². The first kappa shape index (κ1) is 22.7. The molecule has 3 N–H and O–H groups in total. The maximum atomic E-state index is 10.4. The average molecular weight is 402 g/mol. The molecule has 0 saturated carbocycles. The molecular formula is C22H35N5O2. The maximum Gasteiger partial charge on any atom is 0.191 e. The van der Waals surface area contributed by atoms with Crippen LogP contribution >= 0.6 is 0 Å². The van der Waals surface area contributed by atoms with Crippen molar-refractivity contribution in [2.75, 3.05) is 19.6 Å². The Bertz CT molecular complexity index is 740. The lowest BCUT2D eigenvalue weighted by Gasteiger charge is -2.14. The molecule has 1 aromatic heterocycles. The second-order valence-electron chi connectivity index (χ2n) is 7.27. The fourth-order valence-electron chi connectivity index (χ4n) is 2.92. The van der Waals surface area contributed by atoms with Crippen LogP contribution < -0.4 is 15.4 Å². The van der Waals surface area contributed by atoms with Gasteiger partial charge in [0.25, 0.3) is 0 Å². The van der Waals surface area contributed by atoms with Gasteiger partial charge in [-0.15, -0.1) is 0 Å². The van der Waals surface area contributed by atoms with E-state index in [0.29, 0.717) is 6.54 Å². The lowest BCUT2D eigenvalue weighted by molar-refractivity contribution is 0.186. The van der Waals surface area contributed by atoms with Crippen molar-refractivity contribution in [3.8, 4) is 5.75 Å². The molecule has 1 unspecified atom stereocenters. The van der Waals surface area contributed by atoms with E-state index in [1.54, 1.807) is 0 Å². The molecule has 1 heterocycles. The summed E-state index contributed by atoms with van der Waals surface area (Å²) >= 11 is 0. The molecule has 1 atom stereocenters. The molecular weight excluding hydrogens is 366 g/mol. The van der Waals surface area contributed by atoms with Crippen LogP contribution in [0.5, 0.6) is 5.75 Å². The Labute approximate surface area is 174 Å². The number of aliphatic hydroxyl groups is 1. The molecule has 0 saturated heterocycles. The predicted molar refractivity (Wildman–Crippen MR) is 117 cm³/mol. The molecule has 0 spiro atoms. The molecule has 0 aliphatic heterocycles. The number of aryl methyl sites for hydroxylation is 2. The summed E-state index contributed by atoms with van der Waals surface area (Å²) in [7, 11) is 0. The monoisotopic (exact) mass is 401 g/mol. The summed E-state index contributed by atoms with van der Waals surface area (Å²) in [4.78, 5) is 8.76. The van der Waals surface area contributed by atoms with E-state index in [4.69, 9.17) is 4.74 Å². The number of benzene rings is 1. The third-order valence-electron chi connectivity index (χ3n) is 4.45. The molecule has 7 nitrogen and oxygen atoms in total. The van der Waals surface area contributed by atoms with Gasteiger partial charge in [-0.3, -0.25) is 4.99 Å². The van der Waals surface area contributed by atoms with E-state index in [1.807, 2.05) is 64.4 Å². The summed E-state index contributed by atoms with van der Waals surface area (Å²) in [6.07, 6.45) is 5.42. The summed E-state index contributed by atoms with van der Waals surface area (Å²) in [6.45, 7) is 10.9. The highest BCUT2D eigenvalue weighted by Gasteiger charge is 2.08. The van der Waals surface area contributed by atoms with Crippen LogP contribution in [0.3, 0.4) is 0 Å². The zero-order valence-corrected chi connectivity index (χ0v) is 18.1. The Morgan fingerprint density at radius 3 is 2.59 bits per heavy atom. The Kier molecular flexibility index (Phi) is 9.50. The van der Waals surface area contributed by atoms with E-state index in [-0.39, 0.29) is 6.10 Å². The zero-order valence-electron chi connectivity index (χ0n) is 18.1. The lowest BCUT2D eigenvalue weighted by atomic mass is 10.1. The fraction of sp³-hybridized carbons (Fsp3) is 0.545. The van der Waals surface area contributed by atoms with Crippen LogP contribution in [0.15, 0.2) is 41.7 Å². The number of imidazole rings is 1. The number of ether oxygens (including phenoxy) is 1. The van der Waals surface area contributed by atoms with Gasteiger partial charge in [0.1, 0.15) is 11.6 Å². The summed E-state index contributed by atoms with van der Waals surface area (Å²) < 4.78 is 7.80. The van der Waals surface area contributed by atoms with Gasteiger partial charge in [-0.2, -0.15) is 0 Å². The number of guanidine groups is 1. The number of nitrogens with zero attached hydrogens (tertiary/aromatic N) is 3. The summed E-state index contributed by atoms with van der Waals surface area (Å²) in [5.74, 6) is 2.58. The van der Waals surface area contributed by atoms with E-state index >= 15 is 0 Å². The molecule has 0 amide bonds. The number of unbranched alkanes of at least 4 members (excludes halogenated alkanes) is 1. The van der Waals surface area contributed by atoms with Crippen molar-refractivity contribution in [1.29, 1.82) is 0 Å². The lowest BCUT2D eigenvalue weighted by Crippen LogP contribution is -2.38. The number of hydrogen-bond donors (Lipinski definition) is 3. The van der Waals surface area contributed by atoms with E-state index in [2.05, 4.69) is 25.2 Å². The highest BCUT2D eigenvalue weighted by Crippen LogP contribution is 2.19. The Balaban J connectivity index is 1.77. The van der Waals surface area contributed by atoms with Gasteiger partial charge < -0.3 is 25.0 Å². The minimum absolute atomic E-state index is 0.132. The Morgan fingerprint density at radius 2 is 1.97 bits per heavy atom. The van der Waals surface area contributed by atoms with Gasteiger partial charge in [0.15, 0.2) is 5.96 Å². The number of rotatable bonds is 11. The SMILES string of the molecule is CCNC(=NCC(O)c1ccc(OC(C)C)cc1)NCCCCn1ccnc1C. The summed E-state index contributed by atoms with van der Waals surface area (Å²) in [5.41, 5.74) is 0.830. The van der Waals surface area contributed by atoms with Gasteiger partial charge in [-0.1, -0.05) is 12.1 Å². The first-order chi connectivity index (χ1) is 14.0. The van der Waals surface area contributed by atoms with Crippen LogP contribution in [0.25, 0.3) is 0 Å². The average Bonchev–Trinajstić information content (AvgIpc) is 3.10. The van der Waals surface area contributed by atoms with Crippen molar-refractivity contribution in [3.05, 3.63) is 48.0 Å². The van der Waals surface area contributed by atoms with Crippen LogP contribution in [0.4, 0.5) is 0 Å². The third kappa shape index (κ3) is 8.15. The summed E-state index contributed by atoms with van der Waals surface area (Å²) in [5, 5.41) is 17.0. The van der Waals surface area contributed by atoms with Crippen molar-refractivity contribution < 1.29 is 9.84 Å². The topological polar surface area (TPSA) is 83.7 Å². The second-order valence-corrected chi connectivity index (χ2v) is 7.27. The zero-order chi connectivity index (χ0) is 21.1. The molecule has 0 aliphatic carbocycles. The maximum absolute atomic E-state index is 10.4. The van der Waals surface area contributed by atoms with Crippen LogP contribution in [-0.4, -0.2) is 46.4 Å². The van der Waals surface area contributed by atoms with E-state index < -0.39 is 6.10 Å². The molecule has 0 fully saturated rings. The fourth-order valence-corrected chi connectivity index (χ4v) is 2.92. The molecule has 0 bridgehead atoms. The normalized spacial score (nSPS) is 12.8. The van der Waals surface area contributed by atoms with Gasteiger partial charge in [-0.05, 0) is 58.2 Å². The van der Waals surface area contributed by atoms with Gasteiger partial charge in [0, 0.05) is 32.0 Å².